The molecular formula is C15H18BrF2N5O. The first-order valence-corrected chi connectivity index (χ1v) is 8.46. The van der Waals surface area contributed by atoms with Crippen molar-refractivity contribution in [2.24, 2.45) is 7.05 Å². The number of aromatic nitrogens is 4. The van der Waals surface area contributed by atoms with Gasteiger partial charge in [-0.15, -0.1) is 0 Å². The Kier molecular flexibility index (Phi) is 4.71. The molecule has 0 unspecified atom stereocenters. The maximum absolute atomic E-state index is 13.0. The smallest absolute Gasteiger partial charge is 0.283 e. The standard InChI is InChI=1S/C15H18BrF2N5O/c1-8-10(6-20-22(8)2)5-19-11(24)7-23-14(9-3-4-9)12(16)13(21-23)15(17)18/h6,9,15H,3-5,7H2,1-2H3,(H,19,24). The van der Waals surface area contributed by atoms with E-state index in [9.17, 15) is 13.6 Å². The third-order valence-corrected chi connectivity index (χ3v) is 5.05. The Bertz CT molecular complexity index is 766. The molecule has 0 atom stereocenters. The minimum absolute atomic E-state index is 0.0730. The number of hydrogen-bond acceptors (Lipinski definition) is 3. The zero-order valence-corrected chi connectivity index (χ0v) is 15.0. The van der Waals surface area contributed by atoms with Crippen molar-refractivity contribution in [1.82, 2.24) is 24.9 Å². The van der Waals surface area contributed by atoms with Gasteiger partial charge in [-0.3, -0.25) is 14.2 Å². The van der Waals surface area contributed by atoms with E-state index >= 15 is 0 Å². The highest BCUT2D eigenvalue weighted by Gasteiger charge is 2.34. The third-order valence-electron chi connectivity index (χ3n) is 4.23. The highest BCUT2D eigenvalue weighted by atomic mass is 79.9. The van der Waals surface area contributed by atoms with Crippen molar-refractivity contribution in [3.8, 4) is 0 Å². The number of carbonyl (C=O) groups excluding carboxylic acids is 1. The lowest BCUT2D eigenvalue weighted by Gasteiger charge is -2.08. The minimum atomic E-state index is -2.67. The average molecular weight is 402 g/mol. The number of amides is 1. The number of nitrogens with zero attached hydrogens (tertiary/aromatic N) is 4. The van der Waals surface area contributed by atoms with Crippen LogP contribution in [0.2, 0.25) is 0 Å². The molecule has 1 aliphatic rings. The summed E-state index contributed by atoms with van der Waals surface area (Å²) in [5, 5.41) is 10.8. The van der Waals surface area contributed by atoms with Crippen molar-refractivity contribution in [3.63, 3.8) is 0 Å². The minimum Gasteiger partial charge on any atom is -0.350 e. The lowest BCUT2D eigenvalue weighted by Crippen LogP contribution is -2.28. The SMILES string of the molecule is Cc1c(CNC(=O)Cn2nc(C(F)F)c(Br)c2C2CC2)cnn1C. The van der Waals surface area contributed by atoms with Gasteiger partial charge in [0.15, 0.2) is 0 Å². The number of hydrogen-bond donors (Lipinski definition) is 1. The monoisotopic (exact) mass is 401 g/mol. The van der Waals surface area contributed by atoms with Crippen molar-refractivity contribution < 1.29 is 13.6 Å². The molecule has 0 aromatic carbocycles. The van der Waals surface area contributed by atoms with Crippen LogP contribution in [0.4, 0.5) is 8.78 Å². The summed E-state index contributed by atoms with van der Waals surface area (Å²) in [7, 11) is 1.83. The summed E-state index contributed by atoms with van der Waals surface area (Å²) in [5.74, 6) is -0.0660. The first-order chi connectivity index (χ1) is 11.4. The predicted molar refractivity (Wildman–Crippen MR) is 86.7 cm³/mol. The number of carbonyl (C=O) groups is 1. The topological polar surface area (TPSA) is 64.7 Å². The van der Waals surface area contributed by atoms with E-state index in [1.165, 1.54) is 4.68 Å². The van der Waals surface area contributed by atoms with Gasteiger partial charge < -0.3 is 5.32 Å². The van der Waals surface area contributed by atoms with Crippen molar-refractivity contribution >= 4 is 21.8 Å². The summed E-state index contributed by atoms with van der Waals surface area (Å²) in [6.45, 7) is 2.19. The van der Waals surface area contributed by atoms with E-state index in [-0.39, 0.29) is 24.1 Å². The highest BCUT2D eigenvalue weighted by molar-refractivity contribution is 9.10. The molecule has 2 aromatic rings. The molecule has 0 radical (unpaired) electrons. The van der Waals surface area contributed by atoms with Crippen molar-refractivity contribution in [2.75, 3.05) is 0 Å². The summed E-state index contributed by atoms with van der Waals surface area (Å²) in [6, 6.07) is 0. The summed E-state index contributed by atoms with van der Waals surface area (Å²) >= 11 is 3.22. The molecule has 0 bridgehead atoms. The van der Waals surface area contributed by atoms with E-state index in [0.717, 1.165) is 24.1 Å². The van der Waals surface area contributed by atoms with Gasteiger partial charge in [0.25, 0.3) is 6.43 Å². The fraction of sp³-hybridized carbons (Fsp3) is 0.533. The molecule has 1 fully saturated rings. The largest absolute Gasteiger partial charge is 0.350 e. The second kappa shape index (κ2) is 6.62. The Morgan fingerprint density at radius 1 is 1.50 bits per heavy atom. The third kappa shape index (κ3) is 3.35. The first-order valence-electron chi connectivity index (χ1n) is 7.67. The van der Waals surface area contributed by atoms with Gasteiger partial charge >= 0.3 is 0 Å². The highest BCUT2D eigenvalue weighted by Crippen LogP contribution is 2.45. The summed E-state index contributed by atoms with van der Waals surface area (Å²) in [5.41, 5.74) is 2.28. The molecule has 2 heterocycles. The van der Waals surface area contributed by atoms with Crippen molar-refractivity contribution in [1.29, 1.82) is 0 Å². The number of halogens is 3. The van der Waals surface area contributed by atoms with Crippen LogP contribution < -0.4 is 5.32 Å². The van der Waals surface area contributed by atoms with Crippen LogP contribution in [0.15, 0.2) is 10.7 Å². The van der Waals surface area contributed by atoms with E-state index < -0.39 is 6.43 Å². The molecule has 9 heteroatoms. The van der Waals surface area contributed by atoms with E-state index in [1.54, 1.807) is 10.9 Å². The van der Waals surface area contributed by atoms with Crippen LogP contribution in [-0.4, -0.2) is 25.5 Å². The summed E-state index contributed by atoms with van der Waals surface area (Å²) in [4.78, 5) is 12.2. The predicted octanol–water partition coefficient (Wildman–Crippen LogP) is 2.82. The summed E-state index contributed by atoms with van der Waals surface area (Å²) < 4.78 is 29.5. The van der Waals surface area contributed by atoms with E-state index in [0.29, 0.717) is 16.7 Å². The Labute approximate surface area is 146 Å². The molecule has 0 aliphatic heterocycles. The molecule has 2 aromatic heterocycles. The number of aryl methyl sites for hydroxylation is 1. The Hall–Kier alpha value is -1.77. The molecule has 24 heavy (non-hydrogen) atoms. The summed E-state index contributed by atoms with van der Waals surface area (Å²) in [6.07, 6.45) is 0.900. The average Bonchev–Trinajstić information content (AvgIpc) is 3.23. The van der Waals surface area contributed by atoms with Crippen molar-refractivity contribution in [3.05, 3.63) is 33.3 Å². The quantitative estimate of drug-likeness (QED) is 0.809. The lowest BCUT2D eigenvalue weighted by atomic mass is 10.2. The van der Waals surface area contributed by atoms with Crippen LogP contribution in [0.5, 0.6) is 0 Å². The van der Waals surface area contributed by atoms with Crippen LogP contribution in [0.1, 0.15) is 47.8 Å². The number of alkyl halides is 2. The molecule has 3 rings (SSSR count). The molecule has 0 spiro atoms. The molecule has 1 saturated carbocycles. The van der Waals surface area contributed by atoms with Crippen molar-refractivity contribution in [2.45, 2.75) is 45.2 Å². The normalized spacial score (nSPS) is 14.4. The fourth-order valence-corrected chi connectivity index (χ4v) is 3.36. The Morgan fingerprint density at radius 2 is 2.21 bits per heavy atom. The number of nitrogens with one attached hydrogen (secondary N) is 1. The molecule has 6 nitrogen and oxygen atoms in total. The van der Waals surface area contributed by atoms with Crippen LogP contribution >= 0.6 is 15.9 Å². The molecule has 130 valence electrons. The Morgan fingerprint density at radius 3 is 2.75 bits per heavy atom. The molecule has 1 aliphatic carbocycles. The second-order valence-electron chi connectivity index (χ2n) is 5.97. The zero-order chi connectivity index (χ0) is 17.4. The maximum Gasteiger partial charge on any atom is 0.283 e. The van der Waals surface area contributed by atoms with Gasteiger partial charge in [-0.2, -0.15) is 10.2 Å². The molecule has 1 amide bonds. The fourth-order valence-electron chi connectivity index (χ4n) is 2.58. The van der Waals surface area contributed by atoms with Gasteiger partial charge in [0.2, 0.25) is 5.91 Å². The molecular weight excluding hydrogens is 384 g/mol. The van der Waals surface area contributed by atoms with Gasteiger partial charge in [-0.25, -0.2) is 8.78 Å². The lowest BCUT2D eigenvalue weighted by molar-refractivity contribution is -0.122. The van der Waals surface area contributed by atoms with Crippen LogP contribution in [0, 0.1) is 6.92 Å². The van der Waals surface area contributed by atoms with Gasteiger partial charge in [0.1, 0.15) is 12.2 Å². The number of rotatable bonds is 6. The van der Waals surface area contributed by atoms with E-state index in [1.807, 2.05) is 14.0 Å². The van der Waals surface area contributed by atoms with Gasteiger partial charge in [-0.1, -0.05) is 0 Å². The van der Waals surface area contributed by atoms with E-state index in [2.05, 4.69) is 31.4 Å². The van der Waals surface area contributed by atoms with Gasteiger partial charge in [0.05, 0.1) is 16.4 Å². The molecule has 0 saturated heterocycles. The van der Waals surface area contributed by atoms with Gasteiger partial charge in [-0.05, 0) is 35.7 Å². The van der Waals surface area contributed by atoms with Gasteiger partial charge in [0, 0.05) is 30.8 Å². The van der Waals surface area contributed by atoms with Crippen LogP contribution in [0.25, 0.3) is 0 Å². The van der Waals surface area contributed by atoms with Crippen LogP contribution in [0.3, 0.4) is 0 Å². The Balaban J connectivity index is 1.70. The van der Waals surface area contributed by atoms with Crippen LogP contribution in [-0.2, 0) is 24.9 Å². The first kappa shape index (κ1) is 17.1. The second-order valence-corrected chi connectivity index (χ2v) is 6.77. The van der Waals surface area contributed by atoms with E-state index in [4.69, 9.17) is 0 Å². The maximum atomic E-state index is 13.0. The zero-order valence-electron chi connectivity index (χ0n) is 13.4. The molecule has 1 N–H and O–H groups in total.